The largest absolute Gasteiger partial charge is 0.478 e. The van der Waals surface area contributed by atoms with Crippen molar-refractivity contribution in [3.8, 4) is 0 Å². The molecule has 0 aromatic heterocycles. The van der Waals surface area contributed by atoms with E-state index in [9.17, 15) is 9.18 Å². The van der Waals surface area contributed by atoms with Crippen molar-refractivity contribution < 1.29 is 14.3 Å². The van der Waals surface area contributed by atoms with Crippen LogP contribution in [0.2, 0.25) is 0 Å². The molecule has 0 amide bonds. The van der Waals surface area contributed by atoms with E-state index < -0.39 is 17.3 Å². The van der Waals surface area contributed by atoms with E-state index in [2.05, 4.69) is 26.1 Å². The molecule has 0 aliphatic heterocycles. The minimum Gasteiger partial charge on any atom is -0.478 e. The highest BCUT2D eigenvalue weighted by Crippen LogP contribution is 2.24. The average molecular weight is 254 g/mol. The van der Waals surface area contributed by atoms with E-state index in [0.29, 0.717) is 12.2 Å². The first-order valence-corrected chi connectivity index (χ1v) is 5.77. The number of nitrogens with one attached hydrogen (secondary N) is 1. The first kappa shape index (κ1) is 14.3. The fourth-order valence-electron chi connectivity index (χ4n) is 1.48. The van der Waals surface area contributed by atoms with Gasteiger partial charge in [-0.15, -0.1) is 0 Å². The lowest BCUT2D eigenvalue weighted by Gasteiger charge is -2.19. The Bertz CT molecular complexity index is 453. The standard InChI is InChI=1S/C13H19FN2O2/c1-13(2,3)4-5-16-11-7-9(14)8(12(17)18)6-10(11)15/h6-7,16H,4-5,15H2,1-3H3,(H,17,18). The Labute approximate surface area is 106 Å². The molecular formula is C13H19FN2O2. The van der Waals surface area contributed by atoms with E-state index in [1.807, 2.05) is 0 Å². The number of halogens is 1. The minimum atomic E-state index is -1.32. The number of nitrogen functional groups attached to an aromatic ring is 1. The van der Waals surface area contributed by atoms with Crippen LogP contribution in [0.1, 0.15) is 37.6 Å². The second-order valence-corrected chi connectivity index (χ2v) is 5.46. The molecule has 0 radical (unpaired) electrons. The lowest BCUT2D eigenvalue weighted by Crippen LogP contribution is -2.14. The molecule has 0 unspecified atom stereocenters. The van der Waals surface area contributed by atoms with Crippen LogP contribution in [0.3, 0.4) is 0 Å². The lowest BCUT2D eigenvalue weighted by molar-refractivity contribution is 0.0692. The molecule has 0 aliphatic rings. The smallest absolute Gasteiger partial charge is 0.338 e. The molecule has 100 valence electrons. The minimum absolute atomic E-state index is 0.168. The summed E-state index contributed by atoms with van der Waals surface area (Å²) in [7, 11) is 0. The second kappa shape index (κ2) is 5.25. The molecule has 0 spiro atoms. The summed E-state index contributed by atoms with van der Waals surface area (Å²) in [6.07, 6.45) is 0.898. The number of carbonyl (C=O) groups is 1. The fourth-order valence-corrected chi connectivity index (χ4v) is 1.48. The van der Waals surface area contributed by atoms with Gasteiger partial charge in [0.2, 0.25) is 0 Å². The van der Waals surface area contributed by atoms with Crippen LogP contribution in [0.15, 0.2) is 12.1 Å². The summed E-state index contributed by atoms with van der Waals surface area (Å²) in [6.45, 7) is 6.96. The normalized spacial score (nSPS) is 11.3. The van der Waals surface area contributed by atoms with Gasteiger partial charge in [0, 0.05) is 6.54 Å². The summed E-state index contributed by atoms with van der Waals surface area (Å²) in [4.78, 5) is 10.7. The highest BCUT2D eigenvalue weighted by atomic mass is 19.1. The monoisotopic (exact) mass is 254 g/mol. The molecular weight excluding hydrogens is 235 g/mol. The number of rotatable bonds is 4. The van der Waals surface area contributed by atoms with Gasteiger partial charge in [-0.3, -0.25) is 0 Å². The molecule has 0 saturated heterocycles. The quantitative estimate of drug-likeness (QED) is 0.722. The van der Waals surface area contributed by atoms with Crippen LogP contribution >= 0.6 is 0 Å². The van der Waals surface area contributed by atoms with Gasteiger partial charge in [-0.25, -0.2) is 9.18 Å². The molecule has 1 aromatic rings. The summed E-state index contributed by atoms with van der Waals surface area (Å²) in [5, 5.41) is 11.8. The Morgan fingerprint density at radius 1 is 1.44 bits per heavy atom. The van der Waals surface area contributed by atoms with Gasteiger partial charge < -0.3 is 16.2 Å². The maximum absolute atomic E-state index is 13.5. The second-order valence-electron chi connectivity index (χ2n) is 5.46. The predicted octanol–water partition coefficient (Wildman–Crippen LogP) is 2.95. The summed E-state index contributed by atoms with van der Waals surface area (Å²) < 4.78 is 13.5. The van der Waals surface area contributed by atoms with E-state index >= 15 is 0 Å². The van der Waals surface area contributed by atoms with E-state index in [4.69, 9.17) is 10.8 Å². The zero-order valence-electron chi connectivity index (χ0n) is 10.9. The lowest BCUT2D eigenvalue weighted by atomic mass is 9.92. The molecule has 0 heterocycles. The maximum Gasteiger partial charge on any atom is 0.338 e. The number of hydrogen-bond donors (Lipinski definition) is 3. The zero-order chi connectivity index (χ0) is 13.9. The highest BCUT2D eigenvalue weighted by Gasteiger charge is 2.14. The topological polar surface area (TPSA) is 75.3 Å². The fraction of sp³-hybridized carbons (Fsp3) is 0.462. The van der Waals surface area contributed by atoms with Gasteiger partial charge in [0.15, 0.2) is 0 Å². The van der Waals surface area contributed by atoms with Crippen molar-refractivity contribution in [2.45, 2.75) is 27.2 Å². The third-order valence-corrected chi connectivity index (χ3v) is 2.56. The van der Waals surface area contributed by atoms with Crippen molar-refractivity contribution in [2.75, 3.05) is 17.6 Å². The van der Waals surface area contributed by atoms with Gasteiger partial charge >= 0.3 is 5.97 Å². The van der Waals surface area contributed by atoms with Gasteiger partial charge in [-0.05, 0) is 24.0 Å². The number of hydrogen-bond acceptors (Lipinski definition) is 3. The van der Waals surface area contributed by atoms with Crippen LogP contribution in [-0.2, 0) is 0 Å². The Hall–Kier alpha value is -1.78. The van der Waals surface area contributed by atoms with Gasteiger partial charge in [0.25, 0.3) is 0 Å². The number of nitrogens with two attached hydrogens (primary N) is 1. The third kappa shape index (κ3) is 3.91. The maximum atomic E-state index is 13.5. The molecule has 0 fully saturated rings. The summed E-state index contributed by atoms with van der Waals surface area (Å²) >= 11 is 0. The van der Waals surface area contributed by atoms with E-state index in [-0.39, 0.29) is 11.1 Å². The van der Waals surface area contributed by atoms with Crippen LogP contribution in [0.25, 0.3) is 0 Å². The number of benzene rings is 1. The number of aromatic carboxylic acids is 1. The van der Waals surface area contributed by atoms with E-state index in [1.165, 1.54) is 0 Å². The molecule has 0 atom stereocenters. The Morgan fingerprint density at radius 3 is 2.56 bits per heavy atom. The first-order chi connectivity index (χ1) is 8.20. The van der Waals surface area contributed by atoms with Crippen molar-refractivity contribution in [1.82, 2.24) is 0 Å². The van der Waals surface area contributed by atoms with Crippen LogP contribution in [-0.4, -0.2) is 17.6 Å². The van der Waals surface area contributed by atoms with Gasteiger partial charge in [0.1, 0.15) is 5.82 Å². The SMILES string of the molecule is CC(C)(C)CCNc1cc(F)c(C(=O)O)cc1N. The molecule has 0 saturated carbocycles. The Kier molecular flexibility index (Phi) is 4.16. The van der Waals surface area contributed by atoms with E-state index in [0.717, 1.165) is 18.6 Å². The van der Waals surface area contributed by atoms with Gasteiger partial charge in [0.05, 0.1) is 16.9 Å². The van der Waals surface area contributed by atoms with Crippen molar-refractivity contribution in [3.63, 3.8) is 0 Å². The van der Waals surface area contributed by atoms with Gasteiger partial charge in [-0.1, -0.05) is 20.8 Å². The van der Waals surface area contributed by atoms with Crippen LogP contribution < -0.4 is 11.1 Å². The first-order valence-electron chi connectivity index (χ1n) is 5.77. The summed E-state index contributed by atoms with van der Waals surface area (Å²) in [6, 6.07) is 2.26. The molecule has 1 aromatic carbocycles. The Morgan fingerprint density at radius 2 is 2.06 bits per heavy atom. The molecule has 4 N–H and O–H groups in total. The summed E-state index contributed by atoms with van der Waals surface area (Å²) in [5.74, 6) is -2.10. The molecule has 1 rings (SSSR count). The van der Waals surface area contributed by atoms with Gasteiger partial charge in [-0.2, -0.15) is 0 Å². The van der Waals surface area contributed by atoms with Crippen LogP contribution in [0, 0.1) is 11.2 Å². The third-order valence-electron chi connectivity index (χ3n) is 2.56. The molecule has 0 bridgehead atoms. The molecule has 4 nitrogen and oxygen atoms in total. The predicted molar refractivity (Wildman–Crippen MR) is 70.3 cm³/mol. The molecule has 5 heteroatoms. The molecule has 18 heavy (non-hydrogen) atoms. The summed E-state index contributed by atoms with van der Waals surface area (Å²) in [5.41, 5.74) is 6.12. The molecule has 0 aliphatic carbocycles. The van der Waals surface area contributed by atoms with Crippen molar-refractivity contribution in [3.05, 3.63) is 23.5 Å². The average Bonchev–Trinajstić information content (AvgIpc) is 2.20. The zero-order valence-corrected chi connectivity index (χ0v) is 10.9. The van der Waals surface area contributed by atoms with Crippen LogP contribution in [0.5, 0.6) is 0 Å². The van der Waals surface area contributed by atoms with Crippen LogP contribution in [0.4, 0.5) is 15.8 Å². The highest BCUT2D eigenvalue weighted by molar-refractivity contribution is 5.90. The number of anilines is 2. The number of carboxylic acid groups (broad SMARTS) is 1. The Balaban J connectivity index is 2.79. The van der Waals surface area contributed by atoms with E-state index in [1.54, 1.807) is 0 Å². The van der Waals surface area contributed by atoms with Crippen molar-refractivity contribution >= 4 is 17.3 Å². The van der Waals surface area contributed by atoms with Crippen molar-refractivity contribution in [2.24, 2.45) is 5.41 Å². The van der Waals surface area contributed by atoms with Crippen molar-refractivity contribution in [1.29, 1.82) is 0 Å². The number of carboxylic acids is 1.